The first kappa shape index (κ1) is 18.5. The first-order valence-electron chi connectivity index (χ1n) is 9.12. The highest BCUT2D eigenvalue weighted by molar-refractivity contribution is 7.99. The molecule has 138 valence electrons. The zero-order valence-corrected chi connectivity index (χ0v) is 15.7. The molecule has 3 rings (SSSR count). The summed E-state index contributed by atoms with van der Waals surface area (Å²) in [7, 11) is 0. The van der Waals surface area contributed by atoms with Gasteiger partial charge < -0.3 is 20.1 Å². The van der Waals surface area contributed by atoms with Gasteiger partial charge in [-0.05, 0) is 31.4 Å². The van der Waals surface area contributed by atoms with E-state index in [4.69, 9.17) is 9.47 Å². The van der Waals surface area contributed by atoms with Crippen molar-refractivity contribution in [1.82, 2.24) is 10.6 Å². The minimum Gasteiger partial charge on any atom is -0.491 e. The Labute approximate surface area is 154 Å². The molecule has 1 amide bonds. The van der Waals surface area contributed by atoms with Crippen molar-refractivity contribution in [3.8, 4) is 5.75 Å². The van der Waals surface area contributed by atoms with E-state index >= 15 is 0 Å². The maximum atomic E-state index is 12.2. The fraction of sp³-hybridized carbons (Fsp3) is 0.632. The van der Waals surface area contributed by atoms with Crippen LogP contribution in [0.25, 0.3) is 0 Å². The maximum absolute atomic E-state index is 12.2. The predicted molar refractivity (Wildman–Crippen MR) is 101 cm³/mol. The molecule has 1 aromatic carbocycles. The molecular weight excluding hydrogens is 336 g/mol. The average Bonchev–Trinajstić information content (AvgIpc) is 3.13. The lowest BCUT2D eigenvalue weighted by Crippen LogP contribution is -2.41. The van der Waals surface area contributed by atoms with E-state index in [2.05, 4.69) is 16.7 Å². The van der Waals surface area contributed by atoms with Gasteiger partial charge in [-0.25, -0.2) is 0 Å². The predicted octanol–water partition coefficient (Wildman–Crippen LogP) is 2.26. The van der Waals surface area contributed by atoms with Crippen LogP contribution in [0.15, 0.2) is 18.2 Å². The van der Waals surface area contributed by atoms with Crippen LogP contribution in [-0.4, -0.2) is 49.3 Å². The molecule has 0 aromatic heterocycles. The quantitative estimate of drug-likeness (QED) is 0.777. The minimum atomic E-state index is 0.0886. The van der Waals surface area contributed by atoms with Gasteiger partial charge >= 0.3 is 0 Å². The number of ether oxygens (including phenoxy) is 2. The van der Waals surface area contributed by atoms with E-state index in [9.17, 15) is 4.79 Å². The van der Waals surface area contributed by atoms with Gasteiger partial charge in [0.05, 0.1) is 6.10 Å². The highest BCUT2D eigenvalue weighted by atomic mass is 32.2. The number of carbonyl (C=O) groups is 1. The summed E-state index contributed by atoms with van der Waals surface area (Å²) in [5.41, 5.74) is 2.17. The van der Waals surface area contributed by atoms with Gasteiger partial charge in [0.1, 0.15) is 12.4 Å². The van der Waals surface area contributed by atoms with Crippen molar-refractivity contribution in [3.05, 3.63) is 29.3 Å². The van der Waals surface area contributed by atoms with E-state index in [-0.39, 0.29) is 18.1 Å². The Bertz CT molecular complexity index is 570. The van der Waals surface area contributed by atoms with Gasteiger partial charge in [-0.3, -0.25) is 4.79 Å². The number of carbonyl (C=O) groups excluding carboxylic acids is 1. The van der Waals surface area contributed by atoms with Crippen molar-refractivity contribution >= 4 is 17.7 Å². The zero-order valence-electron chi connectivity index (χ0n) is 14.9. The monoisotopic (exact) mass is 364 g/mol. The molecular formula is C19H28N2O3S. The molecule has 6 heteroatoms. The number of benzene rings is 1. The lowest BCUT2D eigenvalue weighted by atomic mass is 10.1. The van der Waals surface area contributed by atoms with E-state index in [1.165, 1.54) is 0 Å². The summed E-state index contributed by atoms with van der Waals surface area (Å²) >= 11 is 1.91. The normalized spacial score (nSPS) is 23.4. The van der Waals surface area contributed by atoms with E-state index in [0.717, 1.165) is 54.4 Å². The van der Waals surface area contributed by atoms with Crippen molar-refractivity contribution in [1.29, 1.82) is 0 Å². The Morgan fingerprint density at radius 2 is 2.40 bits per heavy atom. The van der Waals surface area contributed by atoms with Crippen molar-refractivity contribution in [2.45, 2.75) is 44.9 Å². The molecule has 0 saturated carbocycles. The van der Waals surface area contributed by atoms with Gasteiger partial charge in [0.25, 0.3) is 0 Å². The third-order valence-corrected chi connectivity index (χ3v) is 5.71. The molecule has 2 saturated heterocycles. The third-order valence-electron chi connectivity index (χ3n) is 4.58. The number of nitrogens with one attached hydrogen (secondary N) is 2. The fourth-order valence-corrected chi connectivity index (χ4v) is 4.09. The van der Waals surface area contributed by atoms with Crippen LogP contribution in [-0.2, 0) is 16.1 Å². The highest BCUT2D eigenvalue weighted by Gasteiger charge is 2.18. The van der Waals surface area contributed by atoms with Crippen LogP contribution >= 0.6 is 11.8 Å². The zero-order chi connectivity index (χ0) is 17.5. The summed E-state index contributed by atoms with van der Waals surface area (Å²) in [5, 5.41) is 6.43. The van der Waals surface area contributed by atoms with Crippen molar-refractivity contribution in [3.63, 3.8) is 0 Å². The molecule has 5 nitrogen and oxygen atoms in total. The Morgan fingerprint density at radius 3 is 3.16 bits per heavy atom. The first-order chi connectivity index (χ1) is 12.2. The summed E-state index contributed by atoms with van der Waals surface area (Å²) in [6.07, 6.45) is 2.89. The lowest BCUT2D eigenvalue weighted by Gasteiger charge is -2.22. The number of amides is 1. The van der Waals surface area contributed by atoms with Crippen LogP contribution < -0.4 is 15.4 Å². The first-order valence-corrected chi connectivity index (χ1v) is 10.3. The Balaban J connectivity index is 1.50. The molecule has 2 aliphatic rings. The van der Waals surface area contributed by atoms with Crippen LogP contribution in [0.3, 0.4) is 0 Å². The standard InChI is InChI=1S/C19H28N2O3S/c1-14-4-5-15(18(9-14)24-12-17-3-2-7-23-17)11-21-19(22)10-16-13-25-8-6-20-16/h4-5,9,16-17,20H,2-3,6-8,10-13H2,1H3,(H,21,22). The number of thioether (sulfide) groups is 1. The van der Waals surface area contributed by atoms with Gasteiger partial charge in [0.15, 0.2) is 0 Å². The molecule has 0 bridgehead atoms. The van der Waals surface area contributed by atoms with E-state index in [1.807, 2.05) is 30.8 Å². The highest BCUT2D eigenvalue weighted by Crippen LogP contribution is 2.22. The number of aryl methyl sites for hydroxylation is 1. The third kappa shape index (κ3) is 5.90. The number of hydrogen-bond donors (Lipinski definition) is 2. The molecule has 1 aromatic rings. The van der Waals surface area contributed by atoms with Crippen LogP contribution in [0.2, 0.25) is 0 Å². The van der Waals surface area contributed by atoms with Gasteiger partial charge in [0, 0.05) is 49.2 Å². The Kier molecular flexibility index (Phi) is 7.02. The van der Waals surface area contributed by atoms with Gasteiger partial charge in [-0.1, -0.05) is 12.1 Å². The van der Waals surface area contributed by atoms with Crippen LogP contribution in [0.1, 0.15) is 30.4 Å². The molecule has 2 N–H and O–H groups in total. The van der Waals surface area contributed by atoms with E-state index in [1.54, 1.807) is 0 Å². The summed E-state index contributed by atoms with van der Waals surface area (Å²) < 4.78 is 11.6. The summed E-state index contributed by atoms with van der Waals surface area (Å²) in [4.78, 5) is 12.2. The minimum absolute atomic E-state index is 0.0886. The van der Waals surface area contributed by atoms with Gasteiger partial charge in [-0.2, -0.15) is 11.8 Å². The van der Waals surface area contributed by atoms with E-state index in [0.29, 0.717) is 19.6 Å². The summed E-state index contributed by atoms with van der Waals surface area (Å²) in [6.45, 7) is 4.95. The SMILES string of the molecule is Cc1ccc(CNC(=O)CC2CSCCN2)c(OCC2CCCO2)c1. The Hall–Kier alpha value is -1.24. The van der Waals surface area contributed by atoms with Gasteiger partial charge in [0.2, 0.25) is 5.91 Å². The van der Waals surface area contributed by atoms with Crippen LogP contribution in [0.4, 0.5) is 0 Å². The molecule has 0 aliphatic carbocycles. The van der Waals surface area contributed by atoms with Crippen molar-refractivity contribution < 1.29 is 14.3 Å². The molecule has 0 spiro atoms. The number of rotatable bonds is 7. The maximum Gasteiger partial charge on any atom is 0.221 e. The smallest absolute Gasteiger partial charge is 0.221 e. The molecule has 2 unspecified atom stereocenters. The Morgan fingerprint density at radius 1 is 1.48 bits per heavy atom. The molecule has 2 aliphatic heterocycles. The molecule has 2 atom stereocenters. The summed E-state index contributed by atoms with van der Waals surface area (Å²) in [6, 6.07) is 6.41. The lowest BCUT2D eigenvalue weighted by molar-refractivity contribution is -0.121. The average molecular weight is 365 g/mol. The summed E-state index contributed by atoms with van der Waals surface area (Å²) in [5.74, 6) is 3.08. The second-order valence-electron chi connectivity index (χ2n) is 6.76. The van der Waals surface area contributed by atoms with E-state index < -0.39 is 0 Å². The van der Waals surface area contributed by atoms with Crippen LogP contribution in [0, 0.1) is 6.92 Å². The largest absolute Gasteiger partial charge is 0.491 e. The van der Waals surface area contributed by atoms with Gasteiger partial charge in [-0.15, -0.1) is 0 Å². The topological polar surface area (TPSA) is 59.6 Å². The molecule has 2 heterocycles. The number of hydrogen-bond acceptors (Lipinski definition) is 5. The molecule has 2 fully saturated rings. The molecule has 0 radical (unpaired) electrons. The van der Waals surface area contributed by atoms with Crippen LogP contribution in [0.5, 0.6) is 5.75 Å². The van der Waals surface area contributed by atoms with Crippen molar-refractivity contribution in [2.75, 3.05) is 31.3 Å². The second kappa shape index (κ2) is 9.46. The second-order valence-corrected chi connectivity index (χ2v) is 7.91. The van der Waals surface area contributed by atoms with Crippen molar-refractivity contribution in [2.24, 2.45) is 0 Å². The fourth-order valence-electron chi connectivity index (χ4n) is 3.14. The molecule has 25 heavy (non-hydrogen) atoms.